The second kappa shape index (κ2) is 8.26. The van der Waals surface area contributed by atoms with E-state index < -0.39 is 11.7 Å². The molecule has 2 heterocycles. The number of nitrogens with zero attached hydrogens (tertiary/aromatic N) is 3. The molecule has 1 aromatic heterocycles. The number of amides is 1. The molecule has 6 nitrogen and oxygen atoms in total. The van der Waals surface area contributed by atoms with Gasteiger partial charge in [-0.25, -0.2) is 9.07 Å². The maximum Gasteiger partial charge on any atom is 0.275 e. The van der Waals surface area contributed by atoms with Crippen molar-refractivity contribution >= 4 is 28.2 Å². The van der Waals surface area contributed by atoms with Crippen LogP contribution in [0.1, 0.15) is 25.3 Å². The first-order chi connectivity index (χ1) is 14.4. The van der Waals surface area contributed by atoms with Crippen LogP contribution < -0.4 is 15.8 Å². The van der Waals surface area contributed by atoms with Crippen LogP contribution in [0, 0.1) is 18.7 Å². The fraction of sp³-hybridized carbons (Fsp3) is 0.348. The molecule has 0 unspecified atom stereocenters. The van der Waals surface area contributed by atoms with Crippen molar-refractivity contribution in [2.45, 2.75) is 33.2 Å². The van der Waals surface area contributed by atoms with Gasteiger partial charge in [-0.05, 0) is 49.4 Å². The highest BCUT2D eigenvalue weighted by molar-refractivity contribution is 5.93. The highest BCUT2D eigenvalue weighted by atomic mass is 19.1. The van der Waals surface area contributed by atoms with Crippen LogP contribution in [0.25, 0.3) is 10.8 Å². The minimum Gasteiger partial charge on any atom is -0.354 e. The second-order valence-electron chi connectivity index (χ2n) is 8.06. The van der Waals surface area contributed by atoms with Crippen molar-refractivity contribution in [1.82, 2.24) is 9.78 Å². The van der Waals surface area contributed by atoms with Gasteiger partial charge in [0, 0.05) is 18.5 Å². The lowest BCUT2D eigenvalue weighted by Gasteiger charge is -2.32. The van der Waals surface area contributed by atoms with Crippen molar-refractivity contribution in [2.24, 2.45) is 5.92 Å². The van der Waals surface area contributed by atoms with E-state index in [1.807, 2.05) is 12.1 Å². The van der Waals surface area contributed by atoms with E-state index in [4.69, 9.17) is 0 Å². The maximum absolute atomic E-state index is 14.1. The lowest BCUT2D eigenvalue weighted by Crippen LogP contribution is -2.38. The summed E-state index contributed by atoms with van der Waals surface area (Å²) in [6.45, 7) is 5.41. The van der Waals surface area contributed by atoms with E-state index in [9.17, 15) is 14.0 Å². The molecule has 3 aromatic rings. The molecule has 1 fully saturated rings. The van der Waals surface area contributed by atoms with Crippen LogP contribution in [-0.4, -0.2) is 28.8 Å². The summed E-state index contributed by atoms with van der Waals surface area (Å²) in [6.07, 6.45) is 2.22. The fourth-order valence-electron chi connectivity index (χ4n) is 3.99. The number of aromatic nitrogens is 2. The molecule has 4 rings (SSSR count). The minimum atomic E-state index is -0.509. The zero-order valence-corrected chi connectivity index (χ0v) is 17.2. The van der Waals surface area contributed by atoms with Crippen LogP contribution in [0.4, 0.5) is 15.9 Å². The van der Waals surface area contributed by atoms with Gasteiger partial charge in [0.25, 0.3) is 5.56 Å². The number of halogens is 1. The Labute approximate surface area is 174 Å². The maximum atomic E-state index is 14.1. The van der Waals surface area contributed by atoms with Gasteiger partial charge in [0.2, 0.25) is 5.91 Å². The number of piperidine rings is 1. The normalized spacial score (nSPS) is 16.6. The summed E-state index contributed by atoms with van der Waals surface area (Å²) in [5.41, 5.74) is 0.516. The minimum absolute atomic E-state index is 0.0875. The zero-order valence-electron chi connectivity index (χ0n) is 17.2. The number of rotatable bonds is 4. The molecular weight excluding hydrogens is 383 g/mol. The Balaban J connectivity index is 1.67. The second-order valence-corrected chi connectivity index (χ2v) is 8.06. The van der Waals surface area contributed by atoms with E-state index in [0.717, 1.165) is 30.5 Å². The monoisotopic (exact) mass is 408 g/mol. The van der Waals surface area contributed by atoms with E-state index >= 15 is 0 Å². The van der Waals surface area contributed by atoms with Crippen LogP contribution in [0.5, 0.6) is 0 Å². The molecular formula is C23H25FN4O2. The first-order valence-electron chi connectivity index (χ1n) is 10.2. The van der Waals surface area contributed by atoms with Gasteiger partial charge in [0.05, 0.1) is 11.1 Å². The number of fused-ring (bicyclic) bond motifs is 1. The van der Waals surface area contributed by atoms with E-state index in [2.05, 4.69) is 22.2 Å². The van der Waals surface area contributed by atoms with Crippen LogP contribution in [0.3, 0.4) is 0 Å². The van der Waals surface area contributed by atoms with E-state index in [1.165, 1.54) is 23.2 Å². The first-order valence-corrected chi connectivity index (χ1v) is 10.2. The predicted molar refractivity (Wildman–Crippen MR) is 116 cm³/mol. The lowest BCUT2D eigenvalue weighted by molar-refractivity contribution is -0.117. The molecule has 0 spiro atoms. The van der Waals surface area contributed by atoms with E-state index in [1.54, 1.807) is 25.1 Å². The Bertz CT molecular complexity index is 1160. The van der Waals surface area contributed by atoms with Gasteiger partial charge >= 0.3 is 0 Å². The van der Waals surface area contributed by atoms with Gasteiger partial charge in [-0.2, -0.15) is 5.10 Å². The average Bonchev–Trinajstić information content (AvgIpc) is 2.72. The molecule has 0 bridgehead atoms. The van der Waals surface area contributed by atoms with Crippen LogP contribution in [0.15, 0.2) is 47.3 Å². The van der Waals surface area contributed by atoms with E-state index in [-0.39, 0.29) is 17.8 Å². The smallest absolute Gasteiger partial charge is 0.275 e. The van der Waals surface area contributed by atoms with Crippen molar-refractivity contribution in [3.8, 4) is 0 Å². The molecule has 1 saturated heterocycles. The van der Waals surface area contributed by atoms with Gasteiger partial charge in [0.15, 0.2) is 5.82 Å². The van der Waals surface area contributed by atoms with Crippen molar-refractivity contribution in [2.75, 3.05) is 23.3 Å². The Morgan fingerprint density at radius 1 is 1.23 bits per heavy atom. The molecule has 1 aliphatic heterocycles. The van der Waals surface area contributed by atoms with Gasteiger partial charge in [-0.3, -0.25) is 9.59 Å². The number of benzene rings is 2. The zero-order chi connectivity index (χ0) is 21.3. The topological polar surface area (TPSA) is 67.2 Å². The summed E-state index contributed by atoms with van der Waals surface area (Å²) in [5, 5.41) is 8.41. The third-order valence-electron chi connectivity index (χ3n) is 5.50. The molecule has 0 aliphatic carbocycles. The van der Waals surface area contributed by atoms with E-state index in [0.29, 0.717) is 17.1 Å². The Kier molecular flexibility index (Phi) is 5.53. The summed E-state index contributed by atoms with van der Waals surface area (Å²) in [4.78, 5) is 27.7. The Morgan fingerprint density at radius 3 is 2.73 bits per heavy atom. The third-order valence-corrected chi connectivity index (χ3v) is 5.50. The Hall–Kier alpha value is -3.22. The van der Waals surface area contributed by atoms with Crippen molar-refractivity contribution < 1.29 is 9.18 Å². The van der Waals surface area contributed by atoms with Crippen LogP contribution >= 0.6 is 0 Å². The highest BCUT2D eigenvalue weighted by Crippen LogP contribution is 2.26. The molecule has 156 valence electrons. The Morgan fingerprint density at radius 2 is 2.00 bits per heavy atom. The molecule has 0 saturated carbocycles. The molecule has 1 N–H and O–H groups in total. The predicted octanol–water partition coefficient (Wildman–Crippen LogP) is 3.72. The molecule has 2 aromatic carbocycles. The van der Waals surface area contributed by atoms with Crippen molar-refractivity contribution in [1.29, 1.82) is 0 Å². The van der Waals surface area contributed by atoms with Crippen molar-refractivity contribution in [3.05, 3.63) is 64.2 Å². The number of hydrogen-bond acceptors (Lipinski definition) is 4. The van der Waals surface area contributed by atoms with Gasteiger partial charge in [-0.15, -0.1) is 0 Å². The van der Waals surface area contributed by atoms with Gasteiger partial charge in [-0.1, -0.05) is 31.2 Å². The SMILES string of the molecule is Cc1ccc(NC(=O)Cn2nc(N3CCC[C@H](C)C3)c3ccccc3c2=O)c(F)c1. The standard InChI is InChI=1S/C23H25FN4O2/c1-15-9-10-20(19(24)12-15)25-21(29)14-28-23(30)18-8-4-3-7-17(18)22(26-28)27-11-5-6-16(2)13-27/h3-4,7-10,12,16H,5-6,11,13-14H2,1-2H3,(H,25,29)/t16-/m0/s1. The van der Waals surface area contributed by atoms with Crippen molar-refractivity contribution in [3.63, 3.8) is 0 Å². The summed E-state index contributed by atoms with van der Waals surface area (Å²) in [5.74, 6) is 0.240. The first kappa shape index (κ1) is 20.1. The highest BCUT2D eigenvalue weighted by Gasteiger charge is 2.22. The number of aryl methyl sites for hydroxylation is 1. The summed E-state index contributed by atoms with van der Waals surface area (Å²) in [7, 11) is 0. The molecule has 0 radical (unpaired) electrons. The van der Waals surface area contributed by atoms with Crippen LogP contribution in [-0.2, 0) is 11.3 Å². The summed E-state index contributed by atoms with van der Waals surface area (Å²) < 4.78 is 15.3. The largest absolute Gasteiger partial charge is 0.354 e. The molecule has 1 aliphatic rings. The molecule has 1 amide bonds. The van der Waals surface area contributed by atoms with Gasteiger partial charge in [0.1, 0.15) is 12.4 Å². The molecule has 7 heteroatoms. The number of carbonyl (C=O) groups is 1. The van der Waals surface area contributed by atoms with Gasteiger partial charge < -0.3 is 10.2 Å². The third kappa shape index (κ3) is 4.06. The number of anilines is 2. The van der Waals surface area contributed by atoms with Crippen LogP contribution in [0.2, 0.25) is 0 Å². The summed E-state index contributed by atoms with van der Waals surface area (Å²) in [6, 6.07) is 11.9. The lowest BCUT2D eigenvalue weighted by atomic mass is 10.00. The molecule has 1 atom stereocenters. The number of carbonyl (C=O) groups excluding carboxylic acids is 1. The summed E-state index contributed by atoms with van der Waals surface area (Å²) >= 11 is 0. The average molecular weight is 408 g/mol. The number of nitrogens with one attached hydrogen (secondary N) is 1. The fourth-order valence-corrected chi connectivity index (χ4v) is 3.99. The molecule has 30 heavy (non-hydrogen) atoms. The number of hydrogen-bond donors (Lipinski definition) is 1. The quantitative estimate of drug-likeness (QED) is 0.715.